The lowest BCUT2D eigenvalue weighted by Gasteiger charge is -2.22. The molecular weight excluding hydrogens is 276 g/mol. The van der Waals surface area contributed by atoms with Crippen molar-refractivity contribution >= 4 is 11.7 Å². The fourth-order valence-electron chi connectivity index (χ4n) is 1.73. The molecule has 0 spiro atoms. The first-order chi connectivity index (χ1) is 9.79. The number of carbonyl (C=O) groups excluding carboxylic acids is 1. The number of benzene rings is 1. The van der Waals surface area contributed by atoms with Crippen molar-refractivity contribution < 1.29 is 19.2 Å². The Morgan fingerprint density at radius 1 is 1.48 bits per heavy atom. The smallest absolute Gasteiger partial charge is 0.325 e. The second-order valence-electron chi connectivity index (χ2n) is 4.89. The van der Waals surface area contributed by atoms with E-state index in [4.69, 9.17) is 15.2 Å². The van der Waals surface area contributed by atoms with Crippen molar-refractivity contribution in [1.82, 2.24) is 0 Å². The van der Waals surface area contributed by atoms with Crippen LogP contribution >= 0.6 is 0 Å². The summed E-state index contributed by atoms with van der Waals surface area (Å²) in [4.78, 5) is 22.0. The molecule has 1 aromatic rings. The molecule has 0 aliphatic heterocycles. The van der Waals surface area contributed by atoms with Crippen LogP contribution in [0.15, 0.2) is 18.2 Å². The van der Waals surface area contributed by atoms with Gasteiger partial charge in [-0.15, -0.1) is 0 Å². The third-order valence-electron chi connectivity index (χ3n) is 3.07. The van der Waals surface area contributed by atoms with E-state index in [0.29, 0.717) is 11.3 Å². The summed E-state index contributed by atoms with van der Waals surface area (Å²) in [6.45, 7) is 5.30. The number of rotatable bonds is 7. The Kier molecular flexibility index (Phi) is 5.66. The minimum Gasteiger partial charge on any atom is -0.493 e. The van der Waals surface area contributed by atoms with Crippen LogP contribution in [0.5, 0.6) is 5.75 Å². The molecule has 0 amide bonds. The molecule has 1 rings (SSSR count). The summed E-state index contributed by atoms with van der Waals surface area (Å²) in [5.74, 6) is -0.0896. The fourth-order valence-corrected chi connectivity index (χ4v) is 1.73. The quantitative estimate of drug-likeness (QED) is 0.468. The molecule has 2 N–H and O–H groups in total. The third-order valence-corrected chi connectivity index (χ3v) is 3.07. The highest BCUT2D eigenvalue weighted by Gasteiger charge is 2.29. The minimum atomic E-state index is -1.15. The van der Waals surface area contributed by atoms with Crippen molar-refractivity contribution in [3.05, 3.63) is 33.9 Å². The molecule has 21 heavy (non-hydrogen) atoms. The van der Waals surface area contributed by atoms with Crippen molar-refractivity contribution in [3.63, 3.8) is 0 Å². The Balaban J connectivity index is 2.67. The van der Waals surface area contributed by atoms with E-state index in [1.807, 2.05) is 0 Å². The standard InChI is InChI=1S/C14H20N2O5/c1-4-20-13(17)14(3,15)8-9-21-12-7-5-6-11(10(12)2)16(18)19/h5-7H,4,8-9,15H2,1-3H3. The molecule has 116 valence electrons. The van der Waals surface area contributed by atoms with Crippen molar-refractivity contribution in [3.8, 4) is 5.75 Å². The summed E-state index contributed by atoms with van der Waals surface area (Å²) >= 11 is 0. The number of ether oxygens (including phenoxy) is 2. The first-order valence-electron chi connectivity index (χ1n) is 6.62. The number of nitrogens with zero attached hydrogens (tertiary/aromatic N) is 1. The van der Waals surface area contributed by atoms with Gasteiger partial charge in [-0.1, -0.05) is 6.07 Å². The molecule has 7 heteroatoms. The van der Waals surface area contributed by atoms with E-state index in [2.05, 4.69) is 0 Å². The predicted molar refractivity (Wildman–Crippen MR) is 77.2 cm³/mol. The van der Waals surface area contributed by atoms with Gasteiger partial charge in [0.05, 0.1) is 23.7 Å². The highest BCUT2D eigenvalue weighted by Crippen LogP contribution is 2.27. The van der Waals surface area contributed by atoms with Crippen LogP contribution in [0.25, 0.3) is 0 Å². The molecule has 7 nitrogen and oxygen atoms in total. The van der Waals surface area contributed by atoms with Crippen LogP contribution in [-0.2, 0) is 9.53 Å². The number of esters is 1. The fraction of sp³-hybridized carbons (Fsp3) is 0.500. The molecule has 0 aliphatic carbocycles. The van der Waals surface area contributed by atoms with Crippen molar-refractivity contribution in [2.45, 2.75) is 32.7 Å². The van der Waals surface area contributed by atoms with E-state index in [9.17, 15) is 14.9 Å². The average molecular weight is 296 g/mol. The number of nitro groups is 1. The number of hydrogen-bond acceptors (Lipinski definition) is 6. The first kappa shape index (κ1) is 16.9. The third kappa shape index (κ3) is 4.42. The summed E-state index contributed by atoms with van der Waals surface area (Å²) in [6, 6.07) is 4.60. The maximum Gasteiger partial charge on any atom is 0.325 e. The molecule has 0 radical (unpaired) electrons. The van der Waals surface area contributed by atoms with Gasteiger partial charge in [-0.2, -0.15) is 0 Å². The van der Waals surface area contributed by atoms with E-state index in [1.54, 1.807) is 32.9 Å². The molecule has 1 aromatic carbocycles. The highest BCUT2D eigenvalue weighted by molar-refractivity contribution is 5.79. The zero-order chi connectivity index (χ0) is 16.0. The van der Waals surface area contributed by atoms with Crippen LogP contribution in [0.1, 0.15) is 25.8 Å². The van der Waals surface area contributed by atoms with Crippen LogP contribution in [0, 0.1) is 17.0 Å². The zero-order valence-electron chi connectivity index (χ0n) is 12.4. The Morgan fingerprint density at radius 2 is 2.14 bits per heavy atom. The van der Waals surface area contributed by atoms with Gasteiger partial charge in [0.1, 0.15) is 11.3 Å². The monoisotopic (exact) mass is 296 g/mol. The number of hydrogen-bond donors (Lipinski definition) is 1. The molecule has 0 aromatic heterocycles. The Morgan fingerprint density at radius 3 is 2.71 bits per heavy atom. The van der Waals surface area contributed by atoms with Crippen molar-refractivity contribution in [2.24, 2.45) is 5.73 Å². The summed E-state index contributed by atoms with van der Waals surface area (Å²) in [7, 11) is 0. The molecule has 1 unspecified atom stereocenters. The van der Waals surface area contributed by atoms with Crippen molar-refractivity contribution in [2.75, 3.05) is 13.2 Å². The van der Waals surface area contributed by atoms with Crippen LogP contribution < -0.4 is 10.5 Å². The largest absolute Gasteiger partial charge is 0.493 e. The van der Waals surface area contributed by atoms with Gasteiger partial charge in [-0.3, -0.25) is 14.9 Å². The highest BCUT2D eigenvalue weighted by atomic mass is 16.6. The van der Waals surface area contributed by atoms with Gasteiger partial charge in [0.25, 0.3) is 5.69 Å². The molecule has 1 atom stereocenters. The lowest BCUT2D eigenvalue weighted by atomic mass is 10.0. The maximum atomic E-state index is 11.6. The molecule has 0 fully saturated rings. The van der Waals surface area contributed by atoms with Gasteiger partial charge in [0.15, 0.2) is 0 Å². The number of nitrogens with two attached hydrogens (primary N) is 1. The summed E-state index contributed by atoms with van der Waals surface area (Å²) in [5, 5.41) is 10.8. The molecule has 0 saturated carbocycles. The summed E-state index contributed by atoms with van der Waals surface area (Å²) < 4.78 is 10.4. The van der Waals surface area contributed by atoms with E-state index in [-0.39, 0.29) is 25.3 Å². The van der Waals surface area contributed by atoms with E-state index in [1.165, 1.54) is 6.07 Å². The van der Waals surface area contributed by atoms with Gasteiger partial charge < -0.3 is 15.2 Å². The Bertz CT molecular complexity index is 528. The van der Waals surface area contributed by atoms with E-state index < -0.39 is 16.4 Å². The molecule has 0 aliphatic rings. The maximum absolute atomic E-state index is 11.6. The van der Waals surface area contributed by atoms with Crippen molar-refractivity contribution in [1.29, 1.82) is 0 Å². The lowest BCUT2D eigenvalue weighted by molar-refractivity contribution is -0.385. The van der Waals surface area contributed by atoms with Crippen LogP contribution in [-0.4, -0.2) is 29.6 Å². The normalized spacial score (nSPS) is 13.3. The topological polar surface area (TPSA) is 105 Å². The summed E-state index contributed by atoms with van der Waals surface area (Å²) in [6.07, 6.45) is 0.244. The van der Waals surface area contributed by atoms with Gasteiger partial charge in [-0.25, -0.2) is 0 Å². The van der Waals surface area contributed by atoms with E-state index >= 15 is 0 Å². The van der Waals surface area contributed by atoms with Gasteiger partial charge in [0, 0.05) is 12.5 Å². The molecule has 0 bridgehead atoms. The first-order valence-corrected chi connectivity index (χ1v) is 6.62. The second kappa shape index (κ2) is 7.03. The van der Waals surface area contributed by atoms with Crippen LogP contribution in [0.3, 0.4) is 0 Å². The lowest BCUT2D eigenvalue weighted by Crippen LogP contribution is -2.47. The SMILES string of the molecule is CCOC(=O)C(C)(N)CCOc1cccc([N+](=O)[O-])c1C. The average Bonchev–Trinajstić information content (AvgIpc) is 2.40. The Labute approximate surface area is 123 Å². The molecule has 0 saturated heterocycles. The van der Waals surface area contributed by atoms with Crippen LogP contribution in [0.4, 0.5) is 5.69 Å². The van der Waals surface area contributed by atoms with Gasteiger partial charge in [0.2, 0.25) is 0 Å². The summed E-state index contributed by atoms with van der Waals surface area (Å²) in [5.41, 5.74) is 5.15. The second-order valence-corrected chi connectivity index (χ2v) is 4.89. The Hall–Kier alpha value is -2.15. The molecular formula is C14H20N2O5. The number of nitro benzene ring substituents is 1. The van der Waals surface area contributed by atoms with Gasteiger partial charge >= 0.3 is 5.97 Å². The molecule has 0 heterocycles. The zero-order valence-corrected chi connectivity index (χ0v) is 12.4. The minimum absolute atomic E-state index is 0.00611. The van der Waals surface area contributed by atoms with E-state index in [0.717, 1.165) is 0 Å². The predicted octanol–water partition coefficient (Wildman–Crippen LogP) is 1.95. The van der Waals surface area contributed by atoms with Gasteiger partial charge in [-0.05, 0) is 26.8 Å². The van der Waals surface area contributed by atoms with Crippen LogP contribution in [0.2, 0.25) is 0 Å². The number of carbonyl (C=O) groups is 1.